The van der Waals surface area contributed by atoms with Crippen LogP contribution in [0.5, 0.6) is 11.5 Å². The molecule has 0 radical (unpaired) electrons. The topological polar surface area (TPSA) is 111 Å². The molecule has 0 atom stereocenters. The third kappa shape index (κ3) is 4.79. The number of methoxy groups -OCH3 is 1. The molecule has 0 spiro atoms. The zero-order valence-electron chi connectivity index (χ0n) is 18.0. The van der Waals surface area contributed by atoms with Crippen LogP contribution in [0, 0.1) is 0 Å². The average Bonchev–Trinajstić information content (AvgIpc) is 3.26. The Kier molecular flexibility index (Phi) is 6.26. The molecule has 3 amide bonds. The minimum absolute atomic E-state index is 0.0749. The van der Waals surface area contributed by atoms with E-state index in [1.54, 1.807) is 35.2 Å². The molecule has 8 nitrogen and oxygen atoms in total. The monoisotopic (exact) mass is 445 g/mol. The average molecular weight is 445 g/mol. The van der Waals surface area contributed by atoms with Gasteiger partial charge in [-0.3, -0.25) is 14.4 Å². The number of fused-ring (bicyclic) bond motifs is 1. The SMILES string of the molecule is COc1cc(C(=O)Nc2ccc(C(=O)N3CCc4ccccc43)cc2)ccc1OCC(N)=O. The van der Waals surface area contributed by atoms with Crippen LogP contribution in [-0.4, -0.2) is 38.0 Å². The van der Waals surface area contributed by atoms with Crippen molar-refractivity contribution in [1.29, 1.82) is 0 Å². The number of nitrogens with zero attached hydrogens (tertiary/aromatic N) is 1. The number of nitrogens with one attached hydrogen (secondary N) is 1. The smallest absolute Gasteiger partial charge is 0.258 e. The maximum atomic E-state index is 12.9. The van der Waals surface area contributed by atoms with E-state index in [2.05, 4.69) is 5.32 Å². The number of ether oxygens (including phenoxy) is 2. The Morgan fingerprint density at radius 3 is 2.42 bits per heavy atom. The van der Waals surface area contributed by atoms with Gasteiger partial charge in [-0.15, -0.1) is 0 Å². The number of anilines is 2. The zero-order valence-corrected chi connectivity index (χ0v) is 18.0. The van der Waals surface area contributed by atoms with E-state index in [1.807, 2.05) is 24.3 Å². The molecular formula is C25H23N3O5. The predicted molar refractivity (Wildman–Crippen MR) is 124 cm³/mol. The zero-order chi connectivity index (χ0) is 23.4. The Morgan fingerprint density at radius 1 is 0.970 bits per heavy atom. The Morgan fingerprint density at radius 2 is 1.70 bits per heavy atom. The van der Waals surface area contributed by atoms with Crippen molar-refractivity contribution < 1.29 is 23.9 Å². The second-order valence-corrected chi connectivity index (χ2v) is 7.49. The molecule has 0 saturated heterocycles. The summed E-state index contributed by atoms with van der Waals surface area (Å²) in [5, 5.41) is 2.80. The predicted octanol–water partition coefficient (Wildman–Crippen LogP) is 3.01. The van der Waals surface area contributed by atoms with E-state index in [4.69, 9.17) is 15.2 Å². The van der Waals surface area contributed by atoms with Gasteiger partial charge in [-0.1, -0.05) is 18.2 Å². The number of para-hydroxylation sites is 1. The highest BCUT2D eigenvalue weighted by molar-refractivity contribution is 6.08. The molecule has 0 bridgehead atoms. The second-order valence-electron chi connectivity index (χ2n) is 7.49. The van der Waals surface area contributed by atoms with Crippen molar-refractivity contribution in [3.05, 3.63) is 83.4 Å². The Bertz CT molecular complexity index is 1210. The van der Waals surface area contributed by atoms with Gasteiger partial charge in [0.2, 0.25) is 0 Å². The van der Waals surface area contributed by atoms with Crippen LogP contribution in [0.15, 0.2) is 66.7 Å². The van der Waals surface area contributed by atoms with E-state index in [1.165, 1.54) is 19.2 Å². The first-order chi connectivity index (χ1) is 16.0. The Balaban J connectivity index is 1.43. The van der Waals surface area contributed by atoms with Gasteiger partial charge in [-0.25, -0.2) is 0 Å². The molecule has 1 aliphatic heterocycles. The summed E-state index contributed by atoms with van der Waals surface area (Å²) < 4.78 is 10.5. The normalized spacial score (nSPS) is 12.1. The van der Waals surface area contributed by atoms with Crippen LogP contribution in [0.25, 0.3) is 0 Å². The van der Waals surface area contributed by atoms with Crippen molar-refractivity contribution in [2.45, 2.75) is 6.42 Å². The summed E-state index contributed by atoms with van der Waals surface area (Å²) in [4.78, 5) is 38.3. The van der Waals surface area contributed by atoms with Crippen LogP contribution in [-0.2, 0) is 11.2 Å². The largest absolute Gasteiger partial charge is 0.493 e. The lowest BCUT2D eigenvalue weighted by atomic mass is 10.1. The number of benzene rings is 3. The van der Waals surface area contributed by atoms with Gasteiger partial charge in [-0.05, 0) is 60.5 Å². The fourth-order valence-corrected chi connectivity index (χ4v) is 3.68. The molecule has 3 aromatic rings. The van der Waals surface area contributed by atoms with Crippen molar-refractivity contribution in [3.8, 4) is 11.5 Å². The highest BCUT2D eigenvalue weighted by Gasteiger charge is 2.25. The van der Waals surface area contributed by atoms with Gasteiger partial charge in [0, 0.05) is 29.0 Å². The molecule has 0 aromatic heterocycles. The van der Waals surface area contributed by atoms with E-state index in [9.17, 15) is 14.4 Å². The Labute approximate surface area is 190 Å². The number of rotatable bonds is 7. The molecule has 4 rings (SSSR count). The van der Waals surface area contributed by atoms with E-state index >= 15 is 0 Å². The second kappa shape index (κ2) is 9.44. The minimum Gasteiger partial charge on any atom is -0.493 e. The minimum atomic E-state index is -0.616. The van der Waals surface area contributed by atoms with Crippen molar-refractivity contribution in [2.75, 3.05) is 30.5 Å². The van der Waals surface area contributed by atoms with Gasteiger partial charge in [0.15, 0.2) is 18.1 Å². The highest BCUT2D eigenvalue weighted by Crippen LogP contribution is 2.30. The summed E-state index contributed by atoms with van der Waals surface area (Å²) in [5.74, 6) is -0.443. The molecule has 3 aromatic carbocycles. The van der Waals surface area contributed by atoms with Crippen LogP contribution in [0.1, 0.15) is 26.3 Å². The highest BCUT2D eigenvalue weighted by atomic mass is 16.5. The van der Waals surface area contributed by atoms with Crippen LogP contribution in [0.4, 0.5) is 11.4 Å². The quantitative estimate of drug-likeness (QED) is 0.581. The summed E-state index contributed by atoms with van der Waals surface area (Å²) in [7, 11) is 1.43. The van der Waals surface area contributed by atoms with Gasteiger partial charge in [0.05, 0.1) is 7.11 Å². The van der Waals surface area contributed by atoms with E-state index in [0.29, 0.717) is 34.9 Å². The van der Waals surface area contributed by atoms with Crippen LogP contribution >= 0.6 is 0 Å². The third-order valence-electron chi connectivity index (χ3n) is 5.32. The lowest BCUT2D eigenvalue weighted by molar-refractivity contribution is -0.119. The van der Waals surface area contributed by atoms with Gasteiger partial charge in [0.25, 0.3) is 17.7 Å². The summed E-state index contributed by atoms with van der Waals surface area (Å²) in [6.07, 6.45) is 0.839. The van der Waals surface area contributed by atoms with Gasteiger partial charge >= 0.3 is 0 Å². The standard InChI is InChI=1S/C25H23N3O5/c1-32-22-14-18(8-11-21(22)33-15-23(26)29)24(30)27-19-9-6-17(7-10-19)25(31)28-13-12-16-4-2-3-5-20(16)28/h2-11,14H,12-13,15H2,1H3,(H2,26,29)(H,27,30). The van der Waals surface area contributed by atoms with Gasteiger partial charge in [-0.2, -0.15) is 0 Å². The summed E-state index contributed by atoms with van der Waals surface area (Å²) in [6, 6.07) is 19.2. The maximum absolute atomic E-state index is 12.9. The first-order valence-electron chi connectivity index (χ1n) is 10.4. The van der Waals surface area contributed by atoms with Crippen LogP contribution in [0.3, 0.4) is 0 Å². The maximum Gasteiger partial charge on any atom is 0.258 e. The number of carbonyl (C=O) groups is 3. The van der Waals surface area contributed by atoms with Crippen molar-refractivity contribution >= 4 is 29.1 Å². The molecule has 3 N–H and O–H groups in total. The summed E-state index contributed by atoms with van der Waals surface area (Å²) in [5.41, 5.74) is 8.63. The molecule has 0 aliphatic carbocycles. The first-order valence-corrected chi connectivity index (χ1v) is 10.4. The van der Waals surface area contributed by atoms with Crippen molar-refractivity contribution in [2.24, 2.45) is 5.73 Å². The van der Waals surface area contributed by atoms with Crippen molar-refractivity contribution in [1.82, 2.24) is 0 Å². The molecular weight excluding hydrogens is 422 g/mol. The third-order valence-corrected chi connectivity index (χ3v) is 5.32. The fourth-order valence-electron chi connectivity index (χ4n) is 3.68. The molecule has 1 aliphatic rings. The number of hydrogen-bond donors (Lipinski definition) is 2. The lowest BCUT2D eigenvalue weighted by Gasteiger charge is -2.17. The van der Waals surface area contributed by atoms with E-state index in [-0.39, 0.29) is 18.4 Å². The lowest BCUT2D eigenvalue weighted by Crippen LogP contribution is -2.28. The van der Waals surface area contributed by atoms with E-state index < -0.39 is 5.91 Å². The molecule has 1 heterocycles. The first kappa shape index (κ1) is 21.9. The molecule has 8 heteroatoms. The van der Waals surface area contributed by atoms with E-state index in [0.717, 1.165) is 17.7 Å². The molecule has 33 heavy (non-hydrogen) atoms. The fraction of sp³-hybridized carbons (Fsp3) is 0.160. The van der Waals surface area contributed by atoms with Crippen LogP contribution < -0.4 is 25.4 Å². The molecule has 0 saturated carbocycles. The molecule has 0 fully saturated rings. The number of amides is 3. The number of primary amides is 1. The number of carbonyl (C=O) groups excluding carboxylic acids is 3. The summed E-state index contributed by atoms with van der Waals surface area (Å²) in [6.45, 7) is 0.355. The Hall–Kier alpha value is -4.33. The van der Waals surface area contributed by atoms with Crippen molar-refractivity contribution in [3.63, 3.8) is 0 Å². The molecule has 168 valence electrons. The number of hydrogen-bond acceptors (Lipinski definition) is 5. The van der Waals surface area contributed by atoms with Gasteiger partial charge < -0.3 is 25.4 Å². The van der Waals surface area contributed by atoms with Crippen LogP contribution in [0.2, 0.25) is 0 Å². The van der Waals surface area contributed by atoms with Gasteiger partial charge in [0.1, 0.15) is 0 Å². The summed E-state index contributed by atoms with van der Waals surface area (Å²) >= 11 is 0. The number of nitrogens with two attached hydrogens (primary N) is 1. The molecule has 0 unspecified atom stereocenters.